The zero-order chi connectivity index (χ0) is 7.90. The number of nitroso groups, excluding NO2 is 1. The molecule has 0 saturated carbocycles. The molecule has 0 aromatic rings. The van der Waals surface area contributed by atoms with E-state index in [-0.39, 0.29) is 5.54 Å². The summed E-state index contributed by atoms with van der Waals surface area (Å²) in [5.41, 5.74) is -0.282. The fraction of sp³-hybridized carbons (Fsp3) is 1.00. The first kappa shape index (κ1) is 7.18. The molecule has 2 heterocycles. The van der Waals surface area contributed by atoms with Crippen LogP contribution in [0.2, 0.25) is 0 Å². The number of nitrogens with zero attached hydrogens (tertiary/aromatic N) is 2. The summed E-state index contributed by atoms with van der Waals surface area (Å²) in [7, 11) is 0. The third kappa shape index (κ3) is 1.06. The Bertz CT molecular complexity index is 173. The molecule has 0 aromatic carbocycles. The van der Waals surface area contributed by atoms with Gasteiger partial charge in [-0.25, -0.2) is 0 Å². The van der Waals surface area contributed by atoms with Gasteiger partial charge >= 0.3 is 0 Å². The molecule has 2 rings (SSSR count). The van der Waals surface area contributed by atoms with Crippen molar-refractivity contribution in [2.75, 3.05) is 26.2 Å². The van der Waals surface area contributed by atoms with E-state index in [0.717, 1.165) is 26.2 Å². The molecule has 0 atom stereocenters. The van der Waals surface area contributed by atoms with Gasteiger partial charge in [0.1, 0.15) is 5.54 Å². The number of rotatable bonds is 2. The fourth-order valence-electron chi connectivity index (χ4n) is 1.68. The van der Waals surface area contributed by atoms with E-state index in [2.05, 4.69) is 15.4 Å². The highest BCUT2D eigenvalue weighted by atomic mass is 16.3. The third-order valence-electron chi connectivity index (χ3n) is 2.58. The molecular weight excluding hydrogens is 142 g/mol. The van der Waals surface area contributed by atoms with Gasteiger partial charge in [0.15, 0.2) is 0 Å². The van der Waals surface area contributed by atoms with Crippen molar-refractivity contribution < 1.29 is 0 Å². The zero-order valence-corrected chi connectivity index (χ0v) is 6.71. The lowest BCUT2D eigenvalue weighted by Gasteiger charge is -2.50. The SMILES string of the molecule is CC1(N=O)CN(C2CNC2)C1. The van der Waals surface area contributed by atoms with Crippen LogP contribution >= 0.6 is 0 Å². The van der Waals surface area contributed by atoms with E-state index >= 15 is 0 Å². The lowest BCUT2D eigenvalue weighted by atomic mass is 9.90. The fourth-order valence-corrected chi connectivity index (χ4v) is 1.68. The Morgan fingerprint density at radius 2 is 2.18 bits per heavy atom. The molecule has 2 fully saturated rings. The van der Waals surface area contributed by atoms with Crippen LogP contribution in [0.5, 0.6) is 0 Å². The van der Waals surface area contributed by atoms with Gasteiger partial charge in [-0.3, -0.25) is 4.90 Å². The van der Waals surface area contributed by atoms with Crippen molar-refractivity contribution in [3.63, 3.8) is 0 Å². The van der Waals surface area contributed by atoms with E-state index in [1.165, 1.54) is 0 Å². The molecule has 2 saturated heterocycles. The average molecular weight is 155 g/mol. The smallest absolute Gasteiger partial charge is 0.125 e. The predicted molar refractivity (Wildman–Crippen MR) is 42.4 cm³/mol. The number of hydrogen-bond donors (Lipinski definition) is 1. The molecule has 4 nitrogen and oxygen atoms in total. The van der Waals surface area contributed by atoms with Crippen LogP contribution in [0.1, 0.15) is 6.92 Å². The summed E-state index contributed by atoms with van der Waals surface area (Å²) in [5.74, 6) is 0. The summed E-state index contributed by atoms with van der Waals surface area (Å²) in [5, 5.41) is 6.31. The van der Waals surface area contributed by atoms with Crippen molar-refractivity contribution in [2.45, 2.75) is 18.5 Å². The molecule has 0 aliphatic carbocycles. The number of nitrogens with one attached hydrogen (secondary N) is 1. The molecule has 0 aromatic heterocycles. The summed E-state index contributed by atoms with van der Waals surface area (Å²) in [6.45, 7) is 5.78. The predicted octanol–water partition coefficient (Wildman–Crippen LogP) is -0.201. The molecule has 0 bridgehead atoms. The summed E-state index contributed by atoms with van der Waals surface area (Å²) >= 11 is 0. The van der Waals surface area contributed by atoms with Gasteiger partial charge in [-0.1, -0.05) is 5.18 Å². The van der Waals surface area contributed by atoms with Crippen LogP contribution in [0.3, 0.4) is 0 Å². The van der Waals surface area contributed by atoms with Gasteiger partial charge in [-0.2, -0.15) is 4.91 Å². The monoisotopic (exact) mass is 155 g/mol. The van der Waals surface area contributed by atoms with Crippen LogP contribution in [0, 0.1) is 4.91 Å². The summed E-state index contributed by atoms with van der Waals surface area (Å²) in [6.07, 6.45) is 0. The molecular formula is C7H13N3O. The van der Waals surface area contributed by atoms with E-state index in [0.29, 0.717) is 6.04 Å². The molecule has 2 aliphatic heterocycles. The Morgan fingerprint density at radius 3 is 2.55 bits per heavy atom. The number of hydrogen-bond acceptors (Lipinski definition) is 4. The van der Waals surface area contributed by atoms with Crippen molar-refractivity contribution >= 4 is 0 Å². The first-order valence-electron chi connectivity index (χ1n) is 4.03. The number of likely N-dealkylation sites (tertiary alicyclic amines) is 1. The van der Waals surface area contributed by atoms with Crippen LogP contribution < -0.4 is 5.32 Å². The van der Waals surface area contributed by atoms with Crippen LogP contribution in [0.4, 0.5) is 0 Å². The maximum absolute atomic E-state index is 10.3. The minimum Gasteiger partial charge on any atom is -0.314 e. The van der Waals surface area contributed by atoms with Crippen LogP contribution in [-0.4, -0.2) is 42.7 Å². The van der Waals surface area contributed by atoms with Gasteiger partial charge in [-0.15, -0.1) is 0 Å². The summed E-state index contributed by atoms with van der Waals surface area (Å²) in [4.78, 5) is 12.6. The van der Waals surface area contributed by atoms with E-state index in [1.807, 2.05) is 6.92 Å². The largest absolute Gasteiger partial charge is 0.314 e. The molecule has 0 unspecified atom stereocenters. The van der Waals surface area contributed by atoms with E-state index in [4.69, 9.17) is 0 Å². The Kier molecular flexibility index (Phi) is 1.47. The van der Waals surface area contributed by atoms with Gasteiger partial charge < -0.3 is 5.32 Å². The molecule has 4 heteroatoms. The molecule has 0 spiro atoms. The van der Waals surface area contributed by atoms with Gasteiger partial charge in [-0.05, 0) is 6.92 Å². The minimum atomic E-state index is -0.282. The van der Waals surface area contributed by atoms with Crippen molar-refractivity contribution in [2.24, 2.45) is 5.18 Å². The molecule has 0 amide bonds. The topological polar surface area (TPSA) is 44.7 Å². The van der Waals surface area contributed by atoms with Gasteiger partial charge in [0.05, 0.1) is 0 Å². The highest BCUT2D eigenvalue weighted by molar-refractivity contribution is 5.03. The second-order valence-electron chi connectivity index (χ2n) is 3.81. The highest BCUT2D eigenvalue weighted by Crippen LogP contribution is 2.27. The molecule has 62 valence electrons. The van der Waals surface area contributed by atoms with Gasteiger partial charge in [0, 0.05) is 32.2 Å². The second-order valence-corrected chi connectivity index (χ2v) is 3.81. The van der Waals surface area contributed by atoms with Crippen LogP contribution in [-0.2, 0) is 0 Å². The quantitative estimate of drug-likeness (QED) is 0.562. The summed E-state index contributed by atoms with van der Waals surface area (Å²) in [6, 6.07) is 0.671. The Balaban J connectivity index is 1.82. The lowest BCUT2D eigenvalue weighted by Crippen LogP contribution is -2.69. The molecule has 0 radical (unpaired) electrons. The summed E-state index contributed by atoms with van der Waals surface area (Å²) < 4.78 is 0. The standard InChI is InChI=1S/C7H13N3O/c1-7(9-11)4-10(5-7)6-2-8-3-6/h6,8H,2-5H2,1H3. The van der Waals surface area contributed by atoms with E-state index < -0.39 is 0 Å². The maximum atomic E-state index is 10.3. The van der Waals surface area contributed by atoms with Crippen LogP contribution in [0.25, 0.3) is 0 Å². The van der Waals surface area contributed by atoms with Gasteiger partial charge in [0.2, 0.25) is 0 Å². The van der Waals surface area contributed by atoms with Crippen molar-refractivity contribution in [3.05, 3.63) is 4.91 Å². The molecule has 1 N–H and O–H groups in total. The minimum absolute atomic E-state index is 0.282. The van der Waals surface area contributed by atoms with Crippen molar-refractivity contribution in [1.29, 1.82) is 0 Å². The molecule has 2 aliphatic rings. The first-order chi connectivity index (χ1) is 5.23. The Morgan fingerprint density at radius 1 is 1.55 bits per heavy atom. The van der Waals surface area contributed by atoms with E-state index in [1.54, 1.807) is 0 Å². The van der Waals surface area contributed by atoms with E-state index in [9.17, 15) is 4.91 Å². The Hall–Kier alpha value is -0.480. The third-order valence-corrected chi connectivity index (χ3v) is 2.58. The first-order valence-corrected chi connectivity index (χ1v) is 4.03. The normalized spacial score (nSPS) is 30.6. The molecule has 11 heavy (non-hydrogen) atoms. The second kappa shape index (κ2) is 2.25. The van der Waals surface area contributed by atoms with Crippen molar-refractivity contribution in [3.8, 4) is 0 Å². The highest BCUT2D eigenvalue weighted by Gasteiger charge is 2.44. The maximum Gasteiger partial charge on any atom is 0.125 e. The van der Waals surface area contributed by atoms with Crippen molar-refractivity contribution in [1.82, 2.24) is 10.2 Å². The zero-order valence-electron chi connectivity index (χ0n) is 6.71. The Labute approximate surface area is 65.9 Å². The lowest BCUT2D eigenvalue weighted by molar-refractivity contribution is 0.0184. The average Bonchev–Trinajstić information content (AvgIpc) is 1.80. The van der Waals surface area contributed by atoms with Crippen LogP contribution in [0.15, 0.2) is 5.18 Å². The van der Waals surface area contributed by atoms with Gasteiger partial charge in [0.25, 0.3) is 0 Å².